The first-order valence-corrected chi connectivity index (χ1v) is 9.85. The van der Waals surface area contributed by atoms with Gasteiger partial charge in [-0.15, -0.1) is 0 Å². The van der Waals surface area contributed by atoms with Gasteiger partial charge >= 0.3 is 12.1 Å². The Balaban J connectivity index is 1.54. The summed E-state index contributed by atoms with van der Waals surface area (Å²) >= 11 is 0. The number of carbonyl (C=O) groups excluding carboxylic acids is 3. The Morgan fingerprint density at radius 3 is 2.39 bits per heavy atom. The number of imide groups is 1. The molecule has 5 amide bonds. The van der Waals surface area contributed by atoms with E-state index in [1.54, 1.807) is 29.0 Å². The Kier molecular flexibility index (Phi) is 5.32. The number of hydrogen-bond donors (Lipinski definition) is 3. The van der Waals surface area contributed by atoms with Gasteiger partial charge in [0, 0.05) is 12.1 Å². The number of benzene rings is 2. The summed E-state index contributed by atoms with van der Waals surface area (Å²) in [6.07, 6.45) is 0.435. The molecule has 4 N–H and O–H groups in total. The molecule has 0 spiro atoms. The van der Waals surface area contributed by atoms with E-state index in [0.29, 0.717) is 12.0 Å². The molecule has 0 atom stereocenters. The number of amides is 5. The fourth-order valence-corrected chi connectivity index (χ4v) is 3.73. The van der Waals surface area contributed by atoms with Crippen LogP contribution in [0.15, 0.2) is 53.4 Å². The molecule has 0 aliphatic carbocycles. The van der Waals surface area contributed by atoms with Gasteiger partial charge in [0.2, 0.25) is 0 Å². The maximum Gasteiger partial charge on any atom is 0.326 e. The summed E-state index contributed by atoms with van der Waals surface area (Å²) in [4.78, 5) is 36.3. The smallest absolute Gasteiger partial charge is 0.326 e. The van der Waals surface area contributed by atoms with Gasteiger partial charge in [-0.05, 0) is 35.7 Å². The van der Waals surface area contributed by atoms with Crippen LogP contribution >= 0.6 is 0 Å². The number of nitrogens with one attached hydrogen (secondary N) is 2. The average molecular weight is 402 g/mol. The van der Waals surface area contributed by atoms with E-state index in [4.69, 9.17) is 5.73 Å². The molecule has 0 aromatic heterocycles. The van der Waals surface area contributed by atoms with Crippen LogP contribution in [0.4, 0.5) is 9.59 Å². The van der Waals surface area contributed by atoms with Crippen molar-refractivity contribution in [3.8, 4) is 0 Å². The number of carbonyl (C=O) groups is 3. The standard InChI is InChI=1S/C18H18N4O5S/c19-17(24)21-28(26,27)14-7-5-12(6-8-14)9-10-20-18(25)22-11-13-3-1-2-4-15(13)16(22)23/h1-8H,9-11H2,(H,20,25)(H3,19,21,24). The van der Waals surface area contributed by atoms with Gasteiger partial charge in [0.1, 0.15) is 0 Å². The fourth-order valence-electron chi connectivity index (χ4n) is 2.85. The van der Waals surface area contributed by atoms with Crippen molar-refractivity contribution in [1.82, 2.24) is 14.9 Å². The van der Waals surface area contributed by atoms with Gasteiger partial charge < -0.3 is 11.1 Å². The lowest BCUT2D eigenvalue weighted by molar-refractivity contribution is 0.0821. The molecule has 0 unspecified atom stereocenters. The summed E-state index contributed by atoms with van der Waals surface area (Å²) in [7, 11) is -3.99. The number of sulfonamides is 1. The lowest BCUT2D eigenvalue weighted by atomic mass is 10.1. The van der Waals surface area contributed by atoms with Gasteiger partial charge in [0.05, 0.1) is 11.4 Å². The van der Waals surface area contributed by atoms with Gasteiger partial charge in [-0.25, -0.2) is 22.7 Å². The van der Waals surface area contributed by atoms with Crippen LogP contribution in [0.2, 0.25) is 0 Å². The summed E-state index contributed by atoms with van der Waals surface area (Å²) in [6, 6.07) is 11.2. The maximum absolute atomic E-state index is 12.3. The first-order valence-electron chi connectivity index (χ1n) is 8.37. The van der Waals surface area contributed by atoms with Crippen LogP contribution in [0.25, 0.3) is 0 Å². The minimum atomic E-state index is -3.99. The van der Waals surface area contributed by atoms with Crippen molar-refractivity contribution in [3.05, 3.63) is 65.2 Å². The van der Waals surface area contributed by atoms with E-state index < -0.39 is 22.1 Å². The quantitative estimate of drug-likeness (QED) is 0.683. The molecular weight excluding hydrogens is 384 g/mol. The molecule has 1 aliphatic heterocycles. The lowest BCUT2D eigenvalue weighted by Gasteiger charge is -2.14. The summed E-state index contributed by atoms with van der Waals surface area (Å²) < 4.78 is 25.3. The van der Waals surface area contributed by atoms with E-state index in [2.05, 4.69) is 5.32 Å². The van der Waals surface area contributed by atoms with Crippen molar-refractivity contribution in [2.24, 2.45) is 5.73 Å². The highest BCUT2D eigenvalue weighted by Gasteiger charge is 2.31. The van der Waals surface area contributed by atoms with Gasteiger partial charge in [0.15, 0.2) is 0 Å². The van der Waals surface area contributed by atoms with E-state index in [9.17, 15) is 22.8 Å². The molecule has 0 fully saturated rings. The second-order valence-corrected chi connectivity index (χ2v) is 7.83. The highest BCUT2D eigenvalue weighted by Crippen LogP contribution is 2.22. The Morgan fingerprint density at radius 1 is 1.07 bits per heavy atom. The normalized spacial score (nSPS) is 13.1. The predicted molar refractivity (Wildman–Crippen MR) is 99.8 cm³/mol. The van der Waals surface area contributed by atoms with Crippen molar-refractivity contribution in [2.75, 3.05) is 6.54 Å². The SMILES string of the molecule is NC(=O)NS(=O)(=O)c1ccc(CCNC(=O)N2Cc3ccccc3C2=O)cc1. The molecule has 0 saturated heterocycles. The number of nitrogens with two attached hydrogens (primary N) is 1. The first-order chi connectivity index (χ1) is 13.3. The molecule has 10 heteroatoms. The minimum Gasteiger partial charge on any atom is -0.351 e. The Morgan fingerprint density at radius 2 is 1.75 bits per heavy atom. The van der Waals surface area contributed by atoms with Crippen molar-refractivity contribution < 1.29 is 22.8 Å². The number of fused-ring (bicyclic) bond motifs is 1. The number of primary amides is 1. The Hall–Kier alpha value is -3.40. The zero-order valence-corrected chi connectivity index (χ0v) is 15.5. The topological polar surface area (TPSA) is 139 Å². The second-order valence-electron chi connectivity index (χ2n) is 6.14. The van der Waals surface area contributed by atoms with Crippen LogP contribution in [-0.4, -0.2) is 37.8 Å². The van der Waals surface area contributed by atoms with E-state index in [1.807, 2.05) is 12.1 Å². The zero-order chi connectivity index (χ0) is 20.3. The molecule has 0 bridgehead atoms. The second kappa shape index (κ2) is 7.69. The molecule has 1 aliphatic rings. The molecule has 28 heavy (non-hydrogen) atoms. The van der Waals surface area contributed by atoms with E-state index >= 15 is 0 Å². The van der Waals surface area contributed by atoms with Gasteiger partial charge in [-0.3, -0.25) is 9.69 Å². The van der Waals surface area contributed by atoms with Crippen molar-refractivity contribution in [1.29, 1.82) is 0 Å². The summed E-state index contributed by atoms with van der Waals surface area (Å²) in [5.41, 5.74) is 6.94. The van der Waals surface area contributed by atoms with Gasteiger partial charge in [-0.2, -0.15) is 0 Å². The number of nitrogens with zero attached hydrogens (tertiary/aromatic N) is 1. The van der Waals surface area contributed by atoms with Crippen LogP contribution in [-0.2, 0) is 23.0 Å². The highest BCUT2D eigenvalue weighted by molar-refractivity contribution is 7.90. The third-order valence-electron chi connectivity index (χ3n) is 4.23. The highest BCUT2D eigenvalue weighted by atomic mass is 32.2. The van der Waals surface area contributed by atoms with Gasteiger partial charge in [0.25, 0.3) is 15.9 Å². The number of hydrogen-bond acceptors (Lipinski definition) is 5. The summed E-state index contributed by atoms with van der Waals surface area (Å²) in [5, 5.41) is 2.68. The van der Waals surface area contributed by atoms with E-state index in [1.165, 1.54) is 12.1 Å². The van der Waals surface area contributed by atoms with Crippen LogP contribution in [0.1, 0.15) is 21.5 Å². The summed E-state index contributed by atoms with van der Waals surface area (Å²) in [5.74, 6) is -0.329. The van der Waals surface area contributed by atoms with Crippen LogP contribution in [0.3, 0.4) is 0 Å². The number of rotatable bonds is 5. The Labute approximate surface area is 161 Å². The third kappa shape index (κ3) is 4.12. The van der Waals surface area contributed by atoms with Crippen LogP contribution in [0, 0.1) is 0 Å². The predicted octanol–water partition coefficient (Wildman–Crippen LogP) is 0.952. The minimum absolute atomic E-state index is 0.0977. The van der Waals surface area contributed by atoms with Gasteiger partial charge in [-0.1, -0.05) is 30.3 Å². The monoisotopic (exact) mass is 402 g/mol. The zero-order valence-electron chi connectivity index (χ0n) is 14.7. The van der Waals surface area contributed by atoms with E-state index in [-0.39, 0.29) is 23.9 Å². The molecule has 2 aromatic carbocycles. The molecule has 9 nitrogen and oxygen atoms in total. The number of urea groups is 2. The summed E-state index contributed by atoms with van der Waals surface area (Å²) in [6.45, 7) is 0.505. The largest absolute Gasteiger partial charge is 0.351 e. The third-order valence-corrected chi connectivity index (χ3v) is 5.59. The van der Waals surface area contributed by atoms with Crippen molar-refractivity contribution in [2.45, 2.75) is 17.9 Å². The molecular formula is C18H18N4O5S. The maximum atomic E-state index is 12.3. The Bertz CT molecular complexity index is 1030. The van der Waals surface area contributed by atoms with Crippen LogP contribution < -0.4 is 15.8 Å². The van der Waals surface area contributed by atoms with Crippen LogP contribution in [0.5, 0.6) is 0 Å². The molecule has 1 heterocycles. The molecule has 146 valence electrons. The molecule has 3 rings (SSSR count). The fraction of sp³-hybridized carbons (Fsp3) is 0.167. The van der Waals surface area contributed by atoms with E-state index in [0.717, 1.165) is 16.0 Å². The molecule has 2 aromatic rings. The molecule has 0 saturated carbocycles. The van der Waals surface area contributed by atoms with Crippen molar-refractivity contribution in [3.63, 3.8) is 0 Å². The lowest BCUT2D eigenvalue weighted by Crippen LogP contribution is -2.40. The first kappa shape index (κ1) is 19.4. The average Bonchev–Trinajstić information content (AvgIpc) is 2.98. The molecule has 0 radical (unpaired) electrons. The van der Waals surface area contributed by atoms with Crippen molar-refractivity contribution >= 4 is 28.0 Å².